The van der Waals surface area contributed by atoms with Gasteiger partial charge in [-0.3, -0.25) is 0 Å². The lowest BCUT2D eigenvalue weighted by atomic mass is 10.1. The van der Waals surface area contributed by atoms with Gasteiger partial charge in [-0.15, -0.1) is 0 Å². The number of benzene rings is 2. The van der Waals surface area contributed by atoms with E-state index in [0.29, 0.717) is 24.6 Å². The van der Waals surface area contributed by atoms with Crippen molar-refractivity contribution in [2.75, 3.05) is 5.32 Å². The Hall–Kier alpha value is -3.60. The van der Waals surface area contributed by atoms with E-state index in [4.69, 9.17) is 4.98 Å². The van der Waals surface area contributed by atoms with Crippen LogP contribution >= 0.6 is 0 Å². The molecule has 0 aliphatic carbocycles. The summed E-state index contributed by atoms with van der Waals surface area (Å²) in [6.45, 7) is 4.18. The largest absolute Gasteiger partial charge is 0.309 e. The van der Waals surface area contributed by atoms with E-state index in [0.717, 1.165) is 11.6 Å². The average Bonchev–Trinajstić information content (AvgIpc) is 2.69. The molecule has 0 atom stereocenters. The Morgan fingerprint density at radius 3 is 1.83 bits per heavy atom. The molecule has 0 unspecified atom stereocenters. The third-order valence-corrected chi connectivity index (χ3v) is 4.52. The molecule has 0 fully saturated rings. The molecule has 4 aromatic rings. The predicted octanol–water partition coefficient (Wildman–Crippen LogP) is 4.81. The van der Waals surface area contributed by atoms with Gasteiger partial charge in [0, 0.05) is 19.0 Å². The van der Waals surface area contributed by atoms with Crippen molar-refractivity contribution in [1.82, 2.24) is 19.9 Å². The van der Waals surface area contributed by atoms with Crippen molar-refractivity contribution in [2.24, 2.45) is 0 Å². The monoisotopic (exact) mass is 381 g/mol. The Morgan fingerprint density at radius 1 is 0.690 bits per heavy atom. The van der Waals surface area contributed by atoms with Crippen LogP contribution in [0.4, 0.5) is 11.8 Å². The number of aryl methyl sites for hydroxylation is 2. The van der Waals surface area contributed by atoms with Crippen LogP contribution in [0.2, 0.25) is 0 Å². The second-order valence-electron chi connectivity index (χ2n) is 7.16. The second-order valence-corrected chi connectivity index (χ2v) is 7.16. The summed E-state index contributed by atoms with van der Waals surface area (Å²) in [5.41, 5.74) is 4.81. The van der Waals surface area contributed by atoms with Gasteiger partial charge in [0.25, 0.3) is 0 Å². The summed E-state index contributed by atoms with van der Waals surface area (Å²) < 4.78 is 0. The minimum atomic E-state index is 0.518. The zero-order valence-electron chi connectivity index (χ0n) is 16.6. The van der Waals surface area contributed by atoms with Crippen molar-refractivity contribution in [3.05, 3.63) is 107 Å². The number of hydrogen-bond donors (Lipinski definition) is 1. The third-order valence-electron chi connectivity index (χ3n) is 4.52. The summed E-state index contributed by atoms with van der Waals surface area (Å²) in [7, 11) is 0. The van der Waals surface area contributed by atoms with E-state index in [2.05, 4.69) is 82.6 Å². The van der Waals surface area contributed by atoms with Crippen LogP contribution in [0.15, 0.2) is 72.9 Å². The van der Waals surface area contributed by atoms with Crippen molar-refractivity contribution in [1.29, 1.82) is 0 Å². The molecule has 0 saturated carbocycles. The Labute approximate surface area is 170 Å². The van der Waals surface area contributed by atoms with Gasteiger partial charge in [-0.1, -0.05) is 65.7 Å². The quantitative estimate of drug-likeness (QED) is 0.519. The van der Waals surface area contributed by atoms with Crippen molar-refractivity contribution < 1.29 is 0 Å². The number of anilines is 2. The Balaban J connectivity index is 1.66. The van der Waals surface area contributed by atoms with Crippen LogP contribution in [0, 0.1) is 13.8 Å². The highest BCUT2D eigenvalue weighted by Crippen LogP contribution is 2.15. The number of rotatable bonds is 6. The van der Waals surface area contributed by atoms with Gasteiger partial charge >= 0.3 is 0 Å². The standard InChI is InChI=1S/C24H23N5/c1-17-7-5-9-19(13-17)15-22-26-23(16-20-10-6-8-18(2)14-20)29-24(28-22)27-21-11-3-4-12-25-21/h3-14H,15-16H2,1-2H3,(H,25,26,27,28,29). The molecule has 1 N–H and O–H groups in total. The molecule has 5 heteroatoms. The lowest BCUT2D eigenvalue weighted by molar-refractivity contribution is 0.855. The summed E-state index contributed by atoms with van der Waals surface area (Å²) in [5.74, 6) is 2.71. The molecule has 0 aliphatic rings. The molecule has 4 rings (SSSR count). The molecule has 0 amide bonds. The van der Waals surface area contributed by atoms with Crippen LogP contribution in [0.25, 0.3) is 0 Å². The lowest BCUT2D eigenvalue weighted by Crippen LogP contribution is -2.09. The number of pyridine rings is 1. The first-order chi connectivity index (χ1) is 14.1. The molecule has 2 heterocycles. The first-order valence-corrected chi connectivity index (χ1v) is 9.67. The fraction of sp³-hybridized carbons (Fsp3) is 0.167. The zero-order chi connectivity index (χ0) is 20.1. The van der Waals surface area contributed by atoms with Gasteiger partial charge in [0.2, 0.25) is 5.95 Å². The van der Waals surface area contributed by atoms with Crippen LogP contribution in [0.1, 0.15) is 33.9 Å². The van der Waals surface area contributed by atoms with Gasteiger partial charge in [0.05, 0.1) is 0 Å². The minimum Gasteiger partial charge on any atom is -0.309 e. The number of nitrogens with zero attached hydrogens (tertiary/aromatic N) is 4. The molecule has 2 aromatic heterocycles. The van der Waals surface area contributed by atoms with Crippen LogP contribution in [-0.4, -0.2) is 19.9 Å². The highest BCUT2D eigenvalue weighted by molar-refractivity contribution is 5.47. The summed E-state index contributed by atoms with van der Waals surface area (Å²) in [6.07, 6.45) is 3.05. The molecule has 0 radical (unpaired) electrons. The van der Waals surface area contributed by atoms with Gasteiger partial charge in [0.15, 0.2) is 0 Å². The first kappa shape index (κ1) is 18.7. The highest BCUT2D eigenvalue weighted by atomic mass is 15.2. The number of hydrogen-bond acceptors (Lipinski definition) is 5. The number of nitrogens with one attached hydrogen (secondary N) is 1. The molecule has 5 nitrogen and oxygen atoms in total. The first-order valence-electron chi connectivity index (χ1n) is 9.67. The fourth-order valence-electron chi connectivity index (χ4n) is 3.24. The summed E-state index contributed by atoms with van der Waals surface area (Å²) in [5, 5.41) is 3.21. The smallest absolute Gasteiger partial charge is 0.231 e. The van der Waals surface area contributed by atoms with E-state index in [1.165, 1.54) is 22.3 Å². The van der Waals surface area contributed by atoms with E-state index in [1.807, 2.05) is 18.2 Å². The maximum atomic E-state index is 4.74. The third kappa shape index (κ3) is 5.23. The molecule has 0 saturated heterocycles. The molecule has 29 heavy (non-hydrogen) atoms. The van der Waals surface area contributed by atoms with Crippen molar-refractivity contribution >= 4 is 11.8 Å². The highest BCUT2D eigenvalue weighted by Gasteiger charge is 2.10. The van der Waals surface area contributed by atoms with Crippen LogP contribution in [0.5, 0.6) is 0 Å². The normalized spacial score (nSPS) is 10.7. The maximum Gasteiger partial charge on any atom is 0.231 e. The summed E-state index contributed by atoms with van der Waals surface area (Å²) in [4.78, 5) is 18.3. The topological polar surface area (TPSA) is 63.6 Å². The van der Waals surface area contributed by atoms with E-state index in [9.17, 15) is 0 Å². The minimum absolute atomic E-state index is 0.518. The molecule has 0 bridgehead atoms. The van der Waals surface area contributed by atoms with Crippen LogP contribution in [-0.2, 0) is 12.8 Å². The molecule has 0 aliphatic heterocycles. The molecule has 2 aromatic carbocycles. The van der Waals surface area contributed by atoms with Crippen molar-refractivity contribution in [3.8, 4) is 0 Å². The Morgan fingerprint density at radius 2 is 1.31 bits per heavy atom. The SMILES string of the molecule is Cc1cccc(Cc2nc(Cc3cccc(C)c3)nc(Nc3ccccn3)n2)c1. The van der Waals surface area contributed by atoms with Crippen molar-refractivity contribution in [2.45, 2.75) is 26.7 Å². The number of aromatic nitrogens is 4. The van der Waals surface area contributed by atoms with Gasteiger partial charge in [0.1, 0.15) is 17.5 Å². The van der Waals surface area contributed by atoms with Gasteiger partial charge < -0.3 is 5.32 Å². The van der Waals surface area contributed by atoms with Gasteiger partial charge in [-0.25, -0.2) is 9.97 Å². The average molecular weight is 381 g/mol. The Bertz CT molecular complexity index is 1040. The van der Waals surface area contributed by atoms with Crippen molar-refractivity contribution in [3.63, 3.8) is 0 Å². The van der Waals surface area contributed by atoms with Gasteiger partial charge in [-0.2, -0.15) is 9.97 Å². The fourth-order valence-corrected chi connectivity index (χ4v) is 3.24. The summed E-state index contributed by atoms with van der Waals surface area (Å²) in [6, 6.07) is 22.5. The predicted molar refractivity (Wildman–Crippen MR) is 115 cm³/mol. The molecule has 0 spiro atoms. The van der Waals surface area contributed by atoms with E-state index in [-0.39, 0.29) is 0 Å². The Kier molecular flexibility index (Phi) is 5.56. The van der Waals surface area contributed by atoms with E-state index in [1.54, 1.807) is 6.20 Å². The van der Waals surface area contributed by atoms with Crippen LogP contribution < -0.4 is 5.32 Å². The van der Waals surface area contributed by atoms with E-state index >= 15 is 0 Å². The maximum absolute atomic E-state index is 4.74. The zero-order valence-corrected chi connectivity index (χ0v) is 16.6. The van der Waals surface area contributed by atoms with Crippen LogP contribution in [0.3, 0.4) is 0 Å². The molecule has 144 valence electrons. The second kappa shape index (κ2) is 8.61. The van der Waals surface area contributed by atoms with Gasteiger partial charge in [-0.05, 0) is 37.1 Å². The van der Waals surface area contributed by atoms with E-state index < -0.39 is 0 Å². The lowest BCUT2D eigenvalue weighted by Gasteiger charge is -2.10. The summed E-state index contributed by atoms with van der Waals surface area (Å²) >= 11 is 0. The molecular formula is C24H23N5. The molecular weight excluding hydrogens is 358 g/mol.